The van der Waals surface area contributed by atoms with E-state index in [4.69, 9.17) is 9.47 Å². The highest BCUT2D eigenvalue weighted by molar-refractivity contribution is 5.72. The van der Waals surface area contributed by atoms with Crippen LogP contribution in [0.15, 0.2) is 0 Å². The average molecular weight is 245 g/mol. The van der Waals surface area contributed by atoms with Gasteiger partial charge >= 0.3 is 11.9 Å². The first kappa shape index (κ1) is 15.9. The summed E-state index contributed by atoms with van der Waals surface area (Å²) in [6, 6.07) is 0. The summed E-state index contributed by atoms with van der Waals surface area (Å²) in [6.07, 6.45) is 0.707. The highest BCUT2D eigenvalue weighted by atomic mass is 16.6. The molecule has 0 aromatic carbocycles. The number of carbonyl (C=O) groups is 2. The molecule has 0 unspecified atom stereocenters. The molecule has 100 valence electrons. The van der Waals surface area contributed by atoms with Crippen LogP contribution < -0.4 is 0 Å². The van der Waals surface area contributed by atoms with Gasteiger partial charge in [-0.2, -0.15) is 0 Å². The molecule has 0 bridgehead atoms. The van der Waals surface area contributed by atoms with Crippen molar-refractivity contribution < 1.29 is 19.1 Å². The highest BCUT2D eigenvalue weighted by Crippen LogP contribution is 2.07. The van der Waals surface area contributed by atoms with Crippen molar-refractivity contribution >= 4 is 11.9 Å². The van der Waals surface area contributed by atoms with Crippen LogP contribution in [-0.2, 0) is 19.1 Å². The molecule has 0 spiro atoms. The molecular weight excluding hydrogens is 222 g/mol. The van der Waals surface area contributed by atoms with Crippen LogP contribution in [0.5, 0.6) is 0 Å². The molecule has 0 N–H and O–H groups in total. The Bertz CT molecular complexity index is 258. The summed E-state index contributed by atoms with van der Waals surface area (Å²) in [5.74, 6) is -0.521. The summed E-state index contributed by atoms with van der Waals surface area (Å²) in [7, 11) is 1.83. The number of nitrogens with zero attached hydrogens (tertiary/aromatic N) is 1. The lowest BCUT2D eigenvalue weighted by Gasteiger charge is -2.22. The third-order valence-electron chi connectivity index (χ3n) is 1.81. The molecule has 0 amide bonds. The third-order valence-corrected chi connectivity index (χ3v) is 1.81. The Labute approximate surface area is 103 Å². The molecule has 0 aliphatic rings. The second kappa shape index (κ2) is 7.27. The van der Waals surface area contributed by atoms with Gasteiger partial charge in [0.05, 0.1) is 13.2 Å². The monoisotopic (exact) mass is 245 g/mol. The van der Waals surface area contributed by atoms with Crippen molar-refractivity contribution in [1.29, 1.82) is 0 Å². The van der Waals surface area contributed by atoms with Crippen molar-refractivity contribution in [1.82, 2.24) is 4.90 Å². The summed E-state index contributed by atoms with van der Waals surface area (Å²) >= 11 is 0. The lowest BCUT2D eigenvalue weighted by Crippen LogP contribution is -2.33. The van der Waals surface area contributed by atoms with Gasteiger partial charge in [-0.05, 0) is 34.2 Å². The van der Waals surface area contributed by atoms with Crippen molar-refractivity contribution in [2.24, 2.45) is 0 Å². The van der Waals surface area contributed by atoms with Crippen LogP contribution in [0.2, 0.25) is 0 Å². The van der Waals surface area contributed by atoms with Crippen molar-refractivity contribution in [3.8, 4) is 0 Å². The molecular formula is C12H23NO4. The fourth-order valence-electron chi connectivity index (χ4n) is 1.22. The van der Waals surface area contributed by atoms with E-state index < -0.39 is 5.60 Å². The summed E-state index contributed by atoms with van der Waals surface area (Å²) < 4.78 is 9.98. The first-order chi connectivity index (χ1) is 7.70. The van der Waals surface area contributed by atoms with Gasteiger partial charge in [0.25, 0.3) is 0 Å². The molecule has 0 aromatic heterocycles. The van der Waals surface area contributed by atoms with Gasteiger partial charge in [0.2, 0.25) is 0 Å². The van der Waals surface area contributed by atoms with Gasteiger partial charge in [-0.1, -0.05) is 0 Å². The molecule has 0 saturated heterocycles. The van der Waals surface area contributed by atoms with Gasteiger partial charge in [-0.3, -0.25) is 14.5 Å². The predicted molar refractivity (Wildman–Crippen MR) is 64.6 cm³/mol. The molecule has 0 atom stereocenters. The van der Waals surface area contributed by atoms with Gasteiger partial charge < -0.3 is 9.47 Å². The summed E-state index contributed by atoms with van der Waals surface area (Å²) in [4.78, 5) is 23.8. The largest absolute Gasteiger partial charge is 0.466 e. The number of rotatable bonds is 6. The minimum atomic E-state index is -0.449. The Morgan fingerprint density at radius 3 is 2.29 bits per heavy atom. The normalized spacial score (nSPS) is 11.4. The van der Waals surface area contributed by atoms with E-state index in [0.717, 1.165) is 0 Å². The molecule has 0 radical (unpaired) electrons. The van der Waals surface area contributed by atoms with Crippen molar-refractivity contribution in [2.45, 2.75) is 39.7 Å². The van der Waals surface area contributed by atoms with E-state index >= 15 is 0 Å². The quantitative estimate of drug-likeness (QED) is 0.520. The van der Waals surface area contributed by atoms with E-state index in [1.54, 1.807) is 0 Å². The predicted octanol–water partition coefficient (Wildman–Crippen LogP) is 1.21. The van der Waals surface area contributed by atoms with Crippen LogP contribution in [0.25, 0.3) is 0 Å². The van der Waals surface area contributed by atoms with E-state index in [1.165, 1.54) is 6.92 Å². The van der Waals surface area contributed by atoms with Gasteiger partial charge in [-0.25, -0.2) is 0 Å². The van der Waals surface area contributed by atoms with Crippen LogP contribution >= 0.6 is 0 Å². The fraction of sp³-hybridized carbons (Fsp3) is 0.833. The van der Waals surface area contributed by atoms with Crippen molar-refractivity contribution in [3.63, 3.8) is 0 Å². The topological polar surface area (TPSA) is 55.8 Å². The molecule has 5 nitrogen and oxygen atoms in total. The average Bonchev–Trinajstić information content (AvgIpc) is 2.08. The zero-order valence-corrected chi connectivity index (χ0v) is 11.4. The van der Waals surface area contributed by atoms with E-state index in [1.807, 2.05) is 32.7 Å². The first-order valence-electron chi connectivity index (χ1n) is 5.74. The Kier molecular flexibility index (Phi) is 6.80. The van der Waals surface area contributed by atoms with Crippen molar-refractivity contribution in [3.05, 3.63) is 0 Å². The van der Waals surface area contributed by atoms with Crippen LogP contribution in [0, 0.1) is 0 Å². The maximum atomic E-state index is 11.5. The molecule has 0 aliphatic carbocycles. The highest BCUT2D eigenvalue weighted by Gasteiger charge is 2.17. The number of hydrogen-bond acceptors (Lipinski definition) is 5. The minimum absolute atomic E-state index is 0.243. The molecule has 0 fully saturated rings. The Balaban J connectivity index is 3.68. The number of carbonyl (C=O) groups excluding carboxylic acids is 2. The lowest BCUT2D eigenvalue weighted by atomic mass is 10.2. The fourth-order valence-corrected chi connectivity index (χ4v) is 1.22. The summed E-state index contributed by atoms with van der Waals surface area (Å²) in [6.45, 7) is 8.21. The SMILES string of the molecule is CC(=O)OCCCN(C)CC(=O)OC(C)(C)C. The van der Waals surface area contributed by atoms with E-state index in [2.05, 4.69) is 0 Å². The Hall–Kier alpha value is -1.10. The van der Waals surface area contributed by atoms with Gasteiger partial charge in [0, 0.05) is 13.5 Å². The molecule has 0 saturated carbocycles. The first-order valence-corrected chi connectivity index (χ1v) is 5.74. The lowest BCUT2D eigenvalue weighted by molar-refractivity contribution is -0.156. The second-order valence-corrected chi connectivity index (χ2v) is 5.02. The number of esters is 2. The van der Waals surface area contributed by atoms with Crippen molar-refractivity contribution in [2.75, 3.05) is 26.7 Å². The van der Waals surface area contributed by atoms with Gasteiger partial charge in [0.1, 0.15) is 5.60 Å². The number of hydrogen-bond donors (Lipinski definition) is 0. The number of ether oxygens (including phenoxy) is 2. The summed E-state index contributed by atoms with van der Waals surface area (Å²) in [5, 5.41) is 0. The maximum Gasteiger partial charge on any atom is 0.320 e. The van der Waals surface area contributed by atoms with E-state index in [9.17, 15) is 9.59 Å². The Morgan fingerprint density at radius 2 is 1.82 bits per heavy atom. The van der Waals surface area contributed by atoms with Crippen LogP contribution in [0.3, 0.4) is 0 Å². The van der Waals surface area contributed by atoms with Crippen LogP contribution in [-0.4, -0.2) is 49.2 Å². The maximum absolute atomic E-state index is 11.5. The number of likely N-dealkylation sites (N-methyl/N-ethyl adjacent to an activating group) is 1. The molecule has 5 heteroatoms. The van der Waals surface area contributed by atoms with Gasteiger partial charge in [-0.15, -0.1) is 0 Å². The standard InChI is InChI=1S/C12H23NO4/c1-10(14)16-8-6-7-13(5)9-11(15)17-12(2,3)4/h6-9H2,1-5H3. The van der Waals surface area contributed by atoms with E-state index in [-0.39, 0.29) is 18.5 Å². The zero-order chi connectivity index (χ0) is 13.5. The Morgan fingerprint density at radius 1 is 1.24 bits per heavy atom. The second-order valence-electron chi connectivity index (χ2n) is 5.02. The van der Waals surface area contributed by atoms with Gasteiger partial charge in [0.15, 0.2) is 0 Å². The van der Waals surface area contributed by atoms with Crippen LogP contribution in [0.4, 0.5) is 0 Å². The summed E-state index contributed by atoms with van der Waals surface area (Å²) in [5.41, 5.74) is -0.449. The molecule has 0 aliphatic heterocycles. The van der Waals surface area contributed by atoms with E-state index in [0.29, 0.717) is 19.6 Å². The molecule has 0 aromatic rings. The minimum Gasteiger partial charge on any atom is -0.466 e. The molecule has 17 heavy (non-hydrogen) atoms. The van der Waals surface area contributed by atoms with Crippen LogP contribution in [0.1, 0.15) is 34.1 Å². The molecule has 0 heterocycles. The zero-order valence-electron chi connectivity index (χ0n) is 11.4. The molecule has 0 rings (SSSR count). The smallest absolute Gasteiger partial charge is 0.320 e. The third kappa shape index (κ3) is 11.2.